The second kappa shape index (κ2) is 5.89. The van der Waals surface area contributed by atoms with Crippen molar-refractivity contribution < 1.29 is 4.79 Å². The summed E-state index contributed by atoms with van der Waals surface area (Å²) < 4.78 is 1.79. The number of hydrogen-bond donors (Lipinski definition) is 1. The van der Waals surface area contributed by atoms with Crippen molar-refractivity contribution in [3.63, 3.8) is 0 Å². The summed E-state index contributed by atoms with van der Waals surface area (Å²) in [6.45, 7) is 2.45. The van der Waals surface area contributed by atoms with Crippen LogP contribution in [0.15, 0.2) is 30.5 Å². The number of halogens is 1. The van der Waals surface area contributed by atoms with Gasteiger partial charge in [0.15, 0.2) is 0 Å². The first-order valence-electron chi connectivity index (χ1n) is 6.02. The van der Waals surface area contributed by atoms with Crippen LogP contribution in [0.2, 0.25) is 0 Å². The third-order valence-corrected chi connectivity index (χ3v) is 3.43. The Hall–Kier alpha value is -1.81. The Bertz CT molecular complexity index is 592. The van der Waals surface area contributed by atoms with Crippen molar-refractivity contribution in [2.75, 3.05) is 0 Å². The minimum Gasteiger partial charge on any atom is -0.348 e. The number of aromatic nitrogens is 2. The number of amides is 1. The lowest BCUT2D eigenvalue weighted by atomic mass is 10.1. The number of nitrogens with zero attached hydrogens (tertiary/aromatic N) is 2. The Morgan fingerprint density at radius 2 is 2.26 bits per heavy atom. The summed E-state index contributed by atoms with van der Waals surface area (Å²) in [5.74, 6) is 0.304. The van der Waals surface area contributed by atoms with E-state index in [4.69, 9.17) is 11.6 Å². The molecule has 0 radical (unpaired) electrons. The molecule has 1 heterocycles. The summed E-state index contributed by atoms with van der Waals surface area (Å²) in [6, 6.07) is 7.32. The first-order chi connectivity index (χ1) is 9.11. The van der Waals surface area contributed by atoms with Gasteiger partial charge in [-0.2, -0.15) is 5.10 Å². The summed E-state index contributed by atoms with van der Waals surface area (Å²) in [6.07, 6.45) is 1.77. The van der Waals surface area contributed by atoms with Crippen LogP contribution in [0.5, 0.6) is 0 Å². The molecular weight excluding hydrogens is 262 g/mol. The molecule has 1 amide bonds. The molecule has 0 fully saturated rings. The molecule has 1 aromatic carbocycles. The number of alkyl halides is 1. The highest BCUT2D eigenvalue weighted by Gasteiger charge is 2.08. The Labute approximate surface area is 117 Å². The molecule has 2 rings (SSSR count). The molecule has 0 unspecified atom stereocenters. The van der Waals surface area contributed by atoms with Gasteiger partial charge >= 0.3 is 0 Å². The van der Waals surface area contributed by atoms with Gasteiger partial charge in [0.05, 0.1) is 6.20 Å². The van der Waals surface area contributed by atoms with Crippen LogP contribution in [0, 0.1) is 6.92 Å². The molecule has 4 nitrogen and oxygen atoms in total. The minimum atomic E-state index is -0.102. The SMILES string of the molecule is Cc1c(CNC(=O)c2cccc(CCl)c2)cnn1C. The van der Waals surface area contributed by atoms with Crippen molar-refractivity contribution in [2.24, 2.45) is 7.05 Å². The molecule has 2 aromatic rings. The summed E-state index contributed by atoms with van der Waals surface area (Å²) in [4.78, 5) is 12.0. The number of aryl methyl sites for hydroxylation is 1. The van der Waals surface area contributed by atoms with E-state index in [9.17, 15) is 4.79 Å². The first-order valence-corrected chi connectivity index (χ1v) is 6.56. The van der Waals surface area contributed by atoms with Gasteiger partial charge in [0.25, 0.3) is 5.91 Å². The van der Waals surface area contributed by atoms with Crippen LogP contribution >= 0.6 is 11.6 Å². The summed E-state index contributed by atoms with van der Waals surface area (Å²) in [5, 5.41) is 7.03. The van der Waals surface area contributed by atoms with Crippen molar-refractivity contribution in [3.05, 3.63) is 52.8 Å². The molecule has 0 aliphatic rings. The number of hydrogen-bond acceptors (Lipinski definition) is 2. The molecule has 1 aromatic heterocycles. The third kappa shape index (κ3) is 3.15. The van der Waals surface area contributed by atoms with Crippen LogP contribution in [0.4, 0.5) is 0 Å². The number of nitrogens with one attached hydrogen (secondary N) is 1. The van der Waals surface area contributed by atoms with Gasteiger partial charge in [-0.15, -0.1) is 11.6 Å². The molecule has 0 aliphatic heterocycles. The highest BCUT2D eigenvalue weighted by atomic mass is 35.5. The average molecular weight is 278 g/mol. The second-order valence-corrected chi connectivity index (χ2v) is 4.66. The number of carbonyl (C=O) groups is 1. The zero-order chi connectivity index (χ0) is 13.8. The molecule has 100 valence electrons. The summed E-state index contributed by atoms with van der Waals surface area (Å²) >= 11 is 5.76. The molecule has 5 heteroatoms. The standard InChI is InChI=1S/C14H16ClN3O/c1-10-13(9-17-18(10)2)8-16-14(19)12-5-3-4-11(6-12)7-15/h3-6,9H,7-8H2,1-2H3,(H,16,19). The van der Waals surface area contributed by atoms with Crippen molar-refractivity contribution in [1.29, 1.82) is 0 Å². The number of rotatable bonds is 4. The average Bonchev–Trinajstić information content (AvgIpc) is 2.76. The Morgan fingerprint density at radius 3 is 2.89 bits per heavy atom. The van der Waals surface area contributed by atoms with E-state index in [2.05, 4.69) is 10.4 Å². The van der Waals surface area contributed by atoms with Gasteiger partial charge in [-0.25, -0.2) is 0 Å². The van der Waals surface area contributed by atoms with Crippen LogP contribution in [-0.4, -0.2) is 15.7 Å². The lowest BCUT2D eigenvalue weighted by Gasteiger charge is -2.06. The Kier molecular flexibility index (Phi) is 4.22. The van der Waals surface area contributed by atoms with Crippen molar-refractivity contribution >= 4 is 17.5 Å². The van der Waals surface area contributed by atoms with Gasteiger partial charge in [0, 0.05) is 36.3 Å². The number of benzene rings is 1. The lowest BCUT2D eigenvalue weighted by molar-refractivity contribution is 0.0951. The van der Waals surface area contributed by atoms with Crippen LogP contribution in [0.25, 0.3) is 0 Å². The van der Waals surface area contributed by atoms with Crippen molar-refractivity contribution in [3.8, 4) is 0 Å². The third-order valence-electron chi connectivity index (χ3n) is 3.12. The largest absolute Gasteiger partial charge is 0.348 e. The quantitative estimate of drug-likeness (QED) is 0.873. The van der Waals surface area contributed by atoms with Crippen LogP contribution < -0.4 is 5.32 Å². The van der Waals surface area contributed by atoms with E-state index < -0.39 is 0 Å². The van der Waals surface area contributed by atoms with Crippen molar-refractivity contribution in [2.45, 2.75) is 19.3 Å². The summed E-state index contributed by atoms with van der Waals surface area (Å²) in [5.41, 5.74) is 3.63. The van der Waals surface area contributed by atoms with Gasteiger partial charge in [0.1, 0.15) is 0 Å². The van der Waals surface area contributed by atoms with Crippen LogP contribution in [0.1, 0.15) is 27.2 Å². The predicted molar refractivity (Wildman–Crippen MR) is 75.1 cm³/mol. The van der Waals surface area contributed by atoms with E-state index in [1.54, 1.807) is 23.0 Å². The fourth-order valence-electron chi connectivity index (χ4n) is 1.79. The predicted octanol–water partition coefficient (Wildman–Crippen LogP) is 2.40. The Morgan fingerprint density at radius 1 is 1.47 bits per heavy atom. The van der Waals surface area contributed by atoms with Crippen molar-refractivity contribution in [1.82, 2.24) is 15.1 Å². The van der Waals surface area contributed by atoms with E-state index >= 15 is 0 Å². The van der Waals surface area contributed by atoms with E-state index in [-0.39, 0.29) is 5.91 Å². The zero-order valence-electron chi connectivity index (χ0n) is 11.0. The molecular formula is C14H16ClN3O. The second-order valence-electron chi connectivity index (χ2n) is 4.40. The summed E-state index contributed by atoms with van der Waals surface area (Å²) in [7, 11) is 1.88. The Balaban J connectivity index is 2.03. The highest BCUT2D eigenvalue weighted by Crippen LogP contribution is 2.09. The molecule has 19 heavy (non-hydrogen) atoms. The maximum Gasteiger partial charge on any atom is 0.251 e. The minimum absolute atomic E-state index is 0.102. The fraction of sp³-hybridized carbons (Fsp3) is 0.286. The molecule has 0 saturated carbocycles. The molecule has 0 atom stereocenters. The highest BCUT2D eigenvalue weighted by molar-refractivity contribution is 6.17. The molecule has 0 spiro atoms. The number of carbonyl (C=O) groups excluding carboxylic acids is 1. The van der Waals surface area contributed by atoms with Gasteiger partial charge in [-0.05, 0) is 24.6 Å². The van der Waals surface area contributed by atoms with E-state index in [1.165, 1.54) is 0 Å². The maximum absolute atomic E-state index is 12.0. The molecule has 0 aliphatic carbocycles. The normalized spacial score (nSPS) is 10.5. The zero-order valence-corrected chi connectivity index (χ0v) is 11.7. The van der Waals surface area contributed by atoms with Crippen LogP contribution in [-0.2, 0) is 19.5 Å². The monoisotopic (exact) mass is 277 g/mol. The fourth-order valence-corrected chi connectivity index (χ4v) is 1.96. The topological polar surface area (TPSA) is 46.9 Å². The molecule has 1 N–H and O–H groups in total. The maximum atomic E-state index is 12.0. The van der Waals surface area contributed by atoms with Gasteiger partial charge in [0.2, 0.25) is 0 Å². The van der Waals surface area contributed by atoms with Crippen LogP contribution in [0.3, 0.4) is 0 Å². The van der Waals surface area contributed by atoms with E-state index in [0.717, 1.165) is 16.8 Å². The van der Waals surface area contributed by atoms with Gasteiger partial charge in [-0.3, -0.25) is 9.48 Å². The van der Waals surface area contributed by atoms with E-state index in [1.807, 2.05) is 26.1 Å². The van der Waals surface area contributed by atoms with E-state index in [0.29, 0.717) is 18.0 Å². The first kappa shape index (κ1) is 13.6. The van der Waals surface area contributed by atoms with Gasteiger partial charge in [-0.1, -0.05) is 12.1 Å². The smallest absolute Gasteiger partial charge is 0.251 e. The molecule has 0 saturated heterocycles. The lowest BCUT2D eigenvalue weighted by Crippen LogP contribution is -2.23. The molecule has 0 bridgehead atoms. The van der Waals surface area contributed by atoms with Gasteiger partial charge < -0.3 is 5.32 Å².